The monoisotopic (exact) mass is 301 g/mol. The summed E-state index contributed by atoms with van der Waals surface area (Å²) in [5.41, 5.74) is 2.03. The van der Waals surface area contributed by atoms with Crippen LogP contribution in [-0.2, 0) is 13.6 Å². The molecule has 2 aromatic heterocycles. The molecule has 1 saturated heterocycles. The van der Waals surface area contributed by atoms with Crippen LogP contribution < -0.4 is 4.90 Å². The van der Waals surface area contributed by atoms with E-state index >= 15 is 0 Å². The number of rotatable bonds is 4. The third-order valence-electron chi connectivity index (χ3n) is 4.16. The summed E-state index contributed by atoms with van der Waals surface area (Å²) in [5.74, 6) is 0.811. The van der Waals surface area contributed by atoms with E-state index < -0.39 is 0 Å². The van der Waals surface area contributed by atoms with Crippen LogP contribution in [0.25, 0.3) is 0 Å². The van der Waals surface area contributed by atoms with E-state index in [0.717, 1.165) is 37.0 Å². The lowest BCUT2D eigenvalue weighted by molar-refractivity contribution is 0.196. The number of hydrogen-bond acceptors (Lipinski definition) is 6. The molecule has 0 saturated carbocycles. The van der Waals surface area contributed by atoms with E-state index in [2.05, 4.69) is 37.1 Å². The number of anilines is 1. The van der Waals surface area contributed by atoms with Gasteiger partial charge >= 0.3 is 0 Å². The van der Waals surface area contributed by atoms with E-state index in [1.807, 2.05) is 32.4 Å². The van der Waals surface area contributed by atoms with Gasteiger partial charge in [-0.2, -0.15) is 0 Å². The van der Waals surface area contributed by atoms with E-state index in [4.69, 9.17) is 0 Å². The quantitative estimate of drug-likeness (QED) is 0.840. The lowest BCUT2D eigenvalue weighted by atomic mass is 10.0. The van der Waals surface area contributed by atoms with Crippen LogP contribution in [0.4, 0.5) is 5.95 Å². The molecule has 0 N–H and O–H groups in total. The lowest BCUT2D eigenvalue weighted by Crippen LogP contribution is -2.46. The van der Waals surface area contributed by atoms with E-state index in [9.17, 15) is 0 Å². The van der Waals surface area contributed by atoms with Gasteiger partial charge in [0.15, 0.2) is 0 Å². The molecule has 7 heteroatoms. The van der Waals surface area contributed by atoms with Crippen molar-refractivity contribution in [3.8, 4) is 0 Å². The first-order chi connectivity index (χ1) is 10.6. The molecule has 1 aliphatic heterocycles. The fourth-order valence-corrected chi connectivity index (χ4v) is 2.96. The van der Waals surface area contributed by atoms with Crippen LogP contribution in [-0.4, -0.2) is 56.0 Å². The van der Waals surface area contributed by atoms with Crippen molar-refractivity contribution in [2.45, 2.75) is 32.4 Å². The van der Waals surface area contributed by atoms with Crippen LogP contribution in [0.1, 0.15) is 24.2 Å². The van der Waals surface area contributed by atoms with Gasteiger partial charge in [-0.1, -0.05) is 5.21 Å². The molecular formula is C15H23N7. The highest BCUT2D eigenvalue weighted by Gasteiger charge is 2.25. The van der Waals surface area contributed by atoms with E-state index in [1.54, 1.807) is 4.68 Å². The fourth-order valence-electron chi connectivity index (χ4n) is 2.96. The molecule has 1 atom stereocenters. The van der Waals surface area contributed by atoms with Crippen molar-refractivity contribution in [1.82, 2.24) is 29.9 Å². The van der Waals surface area contributed by atoms with Crippen molar-refractivity contribution in [2.24, 2.45) is 7.05 Å². The zero-order valence-electron chi connectivity index (χ0n) is 13.5. The molecule has 22 heavy (non-hydrogen) atoms. The number of nitrogens with zero attached hydrogens (tertiary/aromatic N) is 7. The molecule has 0 aliphatic carbocycles. The maximum atomic E-state index is 4.53. The maximum Gasteiger partial charge on any atom is 0.225 e. The highest BCUT2D eigenvalue weighted by atomic mass is 15.4. The number of piperidine rings is 1. The first-order valence-electron chi connectivity index (χ1n) is 7.72. The number of likely N-dealkylation sites (N-methyl/N-ethyl adjacent to an activating group) is 1. The Morgan fingerprint density at radius 1 is 1.41 bits per heavy atom. The SMILES string of the molecule is Cc1ccnc(N(C)C2CCCN(Cc3cn(C)nn3)C2)n1. The van der Waals surface area contributed by atoms with Gasteiger partial charge in [0, 0.05) is 51.3 Å². The summed E-state index contributed by atoms with van der Waals surface area (Å²) in [4.78, 5) is 13.6. The Balaban J connectivity index is 1.64. The standard InChI is InChI=1S/C15H23N7/c1-12-6-7-16-15(17-12)21(3)14-5-4-8-22(11-14)10-13-9-20(2)19-18-13/h6-7,9,14H,4-5,8,10-11H2,1-3H3. The van der Waals surface area contributed by atoms with Crippen molar-refractivity contribution in [2.75, 3.05) is 25.0 Å². The summed E-state index contributed by atoms with van der Waals surface area (Å²) in [6.07, 6.45) is 6.16. The molecule has 0 spiro atoms. The fraction of sp³-hybridized carbons (Fsp3) is 0.600. The summed E-state index contributed by atoms with van der Waals surface area (Å²) < 4.78 is 1.75. The maximum absolute atomic E-state index is 4.53. The first-order valence-corrected chi connectivity index (χ1v) is 7.72. The second kappa shape index (κ2) is 6.39. The van der Waals surface area contributed by atoms with Crippen LogP contribution in [0, 0.1) is 6.92 Å². The van der Waals surface area contributed by atoms with Gasteiger partial charge in [0.05, 0.1) is 5.69 Å². The summed E-state index contributed by atoms with van der Waals surface area (Å²) in [5, 5.41) is 8.19. The molecule has 7 nitrogen and oxygen atoms in total. The van der Waals surface area contributed by atoms with Gasteiger partial charge < -0.3 is 4.90 Å². The summed E-state index contributed by atoms with van der Waals surface area (Å²) in [6, 6.07) is 2.37. The average molecular weight is 301 g/mol. The molecule has 1 fully saturated rings. The Labute approximate surface area is 131 Å². The second-order valence-corrected chi connectivity index (χ2v) is 6.02. The minimum Gasteiger partial charge on any atom is -0.340 e. The van der Waals surface area contributed by atoms with Crippen LogP contribution in [0.15, 0.2) is 18.5 Å². The van der Waals surface area contributed by atoms with E-state index in [1.165, 1.54) is 12.8 Å². The molecule has 0 aromatic carbocycles. The number of aromatic nitrogens is 5. The lowest BCUT2D eigenvalue weighted by Gasteiger charge is -2.37. The Bertz CT molecular complexity index is 624. The molecule has 1 unspecified atom stereocenters. The summed E-state index contributed by atoms with van der Waals surface area (Å²) in [7, 11) is 3.99. The molecule has 3 rings (SSSR count). The van der Waals surface area contributed by atoms with Gasteiger partial charge in [0.2, 0.25) is 5.95 Å². The highest BCUT2D eigenvalue weighted by molar-refractivity contribution is 5.30. The normalized spacial score (nSPS) is 19.3. The van der Waals surface area contributed by atoms with Crippen molar-refractivity contribution < 1.29 is 0 Å². The minimum absolute atomic E-state index is 0.437. The van der Waals surface area contributed by atoms with Gasteiger partial charge in [0.25, 0.3) is 0 Å². The molecule has 2 aromatic rings. The van der Waals surface area contributed by atoms with Gasteiger partial charge in [-0.05, 0) is 32.4 Å². The predicted octanol–water partition coefficient (Wildman–Crippen LogP) is 1.01. The number of hydrogen-bond donors (Lipinski definition) is 0. The molecule has 118 valence electrons. The molecule has 0 bridgehead atoms. The highest BCUT2D eigenvalue weighted by Crippen LogP contribution is 2.19. The topological polar surface area (TPSA) is 63.0 Å². The van der Waals surface area contributed by atoms with Crippen LogP contribution in [0.5, 0.6) is 0 Å². The summed E-state index contributed by atoms with van der Waals surface area (Å²) >= 11 is 0. The van der Waals surface area contributed by atoms with Gasteiger partial charge in [-0.15, -0.1) is 5.10 Å². The Kier molecular flexibility index (Phi) is 4.33. The molecule has 1 aliphatic rings. The van der Waals surface area contributed by atoms with Crippen LogP contribution in [0.3, 0.4) is 0 Å². The van der Waals surface area contributed by atoms with Crippen molar-refractivity contribution >= 4 is 5.95 Å². The first kappa shape index (κ1) is 14.9. The van der Waals surface area contributed by atoms with E-state index in [-0.39, 0.29) is 0 Å². The smallest absolute Gasteiger partial charge is 0.225 e. The van der Waals surface area contributed by atoms with Crippen molar-refractivity contribution in [3.05, 3.63) is 29.8 Å². The average Bonchev–Trinajstić information content (AvgIpc) is 2.92. The molecule has 3 heterocycles. The molecule has 0 radical (unpaired) electrons. The van der Waals surface area contributed by atoms with Crippen molar-refractivity contribution in [1.29, 1.82) is 0 Å². The zero-order valence-corrected chi connectivity index (χ0v) is 13.5. The minimum atomic E-state index is 0.437. The number of likely N-dealkylation sites (tertiary alicyclic amines) is 1. The summed E-state index contributed by atoms with van der Waals surface area (Å²) in [6.45, 7) is 4.97. The Morgan fingerprint density at radius 3 is 3.00 bits per heavy atom. The van der Waals surface area contributed by atoms with Crippen molar-refractivity contribution in [3.63, 3.8) is 0 Å². The second-order valence-electron chi connectivity index (χ2n) is 6.02. The third kappa shape index (κ3) is 3.41. The molecule has 0 amide bonds. The molecular weight excluding hydrogens is 278 g/mol. The number of aryl methyl sites for hydroxylation is 2. The predicted molar refractivity (Wildman–Crippen MR) is 84.5 cm³/mol. The Morgan fingerprint density at radius 2 is 2.27 bits per heavy atom. The van der Waals surface area contributed by atoms with Crippen LogP contribution in [0.2, 0.25) is 0 Å². The third-order valence-corrected chi connectivity index (χ3v) is 4.16. The largest absolute Gasteiger partial charge is 0.340 e. The van der Waals surface area contributed by atoms with Gasteiger partial charge in [0.1, 0.15) is 0 Å². The Hall–Kier alpha value is -2.02. The van der Waals surface area contributed by atoms with E-state index in [0.29, 0.717) is 6.04 Å². The zero-order chi connectivity index (χ0) is 15.5. The van der Waals surface area contributed by atoms with Gasteiger partial charge in [-0.25, -0.2) is 9.97 Å². The van der Waals surface area contributed by atoms with Crippen LogP contribution >= 0.6 is 0 Å². The van der Waals surface area contributed by atoms with Gasteiger partial charge in [-0.3, -0.25) is 9.58 Å².